The summed E-state index contributed by atoms with van der Waals surface area (Å²) in [6.07, 6.45) is 33.7. The predicted molar refractivity (Wildman–Crippen MR) is 233 cm³/mol. The third-order valence-electron chi connectivity index (χ3n) is 11.0. The molecule has 1 aliphatic carbocycles. The van der Waals surface area contributed by atoms with Crippen LogP contribution in [0, 0.1) is 11.8 Å². The van der Waals surface area contributed by atoms with Crippen molar-refractivity contribution in [2.24, 2.45) is 11.8 Å². The van der Waals surface area contributed by atoms with Gasteiger partial charge in [0.2, 0.25) is 0 Å². The van der Waals surface area contributed by atoms with Crippen LogP contribution in [-0.4, -0.2) is 98.3 Å². The molecule has 7 unspecified atom stereocenters. The number of rotatable bonds is 37. The summed E-state index contributed by atoms with van der Waals surface area (Å²) >= 11 is 0. The van der Waals surface area contributed by atoms with Crippen LogP contribution in [-0.2, 0) is 42.5 Å². The highest BCUT2D eigenvalue weighted by molar-refractivity contribution is 7.47. The summed E-state index contributed by atoms with van der Waals surface area (Å²) in [4.78, 5) is 46.7. The summed E-state index contributed by atoms with van der Waals surface area (Å²) in [6.45, 7) is 4.15. The maximum atomic E-state index is 12.8. The Labute approximate surface area is 357 Å². The van der Waals surface area contributed by atoms with Crippen molar-refractivity contribution < 1.29 is 56.9 Å². The molecule has 2 bridgehead atoms. The first-order chi connectivity index (χ1) is 28.3. The number of fused-ring (bicyclic) bond motifs is 2. The first-order valence-electron chi connectivity index (χ1n) is 23.1. The number of hydrogen-bond acceptors (Lipinski definition) is 10. The number of unbranched alkanes of at least 4 members (excludes halogenated alkanes) is 14. The van der Waals surface area contributed by atoms with E-state index in [-0.39, 0.29) is 50.1 Å². The molecule has 1 saturated carbocycles. The number of carbonyl (C=O) groups excluding carboxylic acids is 2. The van der Waals surface area contributed by atoms with Crippen LogP contribution in [0.15, 0.2) is 36.5 Å². The number of hydrogen-bond donors (Lipinski definition) is 2. The quantitative estimate of drug-likeness (QED) is 0.0154. The van der Waals surface area contributed by atoms with E-state index in [2.05, 4.69) is 38.2 Å². The molecule has 1 aliphatic heterocycles. The van der Waals surface area contributed by atoms with Gasteiger partial charge < -0.3 is 24.0 Å². The zero-order valence-corrected chi connectivity index (χ0v) is 38.4. The van der Waals surface area contributed by atoms with Gasteiger partial charge in [0.1, 0.15) is 25.9 Å². The van der Waals surface area contributed by atoms with E-state index < -0.39 is 38.6 Å². The number of aliphatic hydroxyl groups is 1. The molecule has 0 radical (unpaired) electrons. The molecule has 7 atom stereocenters. The number of quaternary nitrogens is 1. The predicted octanol–water partition coefficient (Wildman–Crippen LogP) is 10.3. The topological polar surface area (TPSA) is 147 Å². The number of allylic oxidation sites excluding steroid dienone is 4. The lowest BCUT2D eigenvalue weighted by Crippen LogP contribution is -2.37. The lowest BCUT2D eigenvalue weighted by Gasteiger charge is -2.27. The molecule has 1 heterocycles. The average Bonchev–Trinajstić information content (AvgIpc) is 3.79. The molecule has 0 aromatic heterocycles. The van der Waals surface area contributed by atoms with Crippen molar-refractivity contribution in [3.8, 4) is 0 Å². The first kappa shape index (κ1) is 53.2. The number of aliphatic hydroxyl groups excluding tert-OH is 1. The monoisotopic (exact) mass is 857 g/mol. The third kappa shape index (κ3) is 26.9. The molecule has 2 aliphatic rings. The molecule has 0 amide bonds. The van der Waals surface area contributed by atoms with Crippen molar-refractivity contribution in [2.45, 2.75) is 186 Å². The number of phosphoric acid groups is 1. The highest BCUT2D eigenvalue weighted by atomic mass is 31.2. The largest absolute Gasteiger partial charge is 0.472 e. The van der Waals surface area contributed by atoms with E-state index in [0.717, 1.165) is 70.6 Å². The Hall–Kier alpha value is -1.89. The van der Waals surface area contributed by atoms with Crippen molar-refractivity contribution in [3.05, 3.63) is 36.5 Å². The van der Waals surface area contributed by atoms with Gasteiger partial charge >= 0.3 is 19.8 Å². The Bertz CT molecular complexity index is 1250. The highest BCUT2D eigenvalue weighted by Gasteiger charge is 2.49. The Morgan fingerprint density at radius 3 is 2.03 bits per heavy atom. The average molecular weight is 857 g/mol. The third-order valence-corrected chi connectivity index (χ3v) is 11.9. The van der Waals surface area contributed by atoms with E-state index in [9.17, 15) is 24.2 Å². The number of esters is 2. The molecule has 59 heavy (non-hydrogen) atoms. The number of carbonyl (C=O) groups is 2. The molecule has 0 aromatic carbocycles. The fourth-order valence-corrected chi connectivity index (χ4v) is 8.05. The van der Waals surface area contributed by atoms with Crippen molar-refractivity contribution >= 4 is 19.8 Å². The maximum Gasteiger partial charge on any atom is 0.472 e. The molecule has 0 aromatic rings. The molecule has 13 heteroatoms. The van der Waals surface area contributed by atoms with E-state index in [1.165, 1.54) is 44.9 Å². The first-order valence-corrected chi connectivity index (χ1v) is 24.6. The van der Waals surface area contributed by atoms with Crippen LogP contribution in [0.5, 0.6) is 0 Å². The number of phosphoric ester groups is 1. The molecule has 1 saturated heterocycles. The van der Waals surface area contributed by atoms with Crippen LogP contribution in [0.1, 0.15) is 162 Å². The highest BCUT2D eigenvalue weighted by Crippen LogP contribution is 2.45. The fraction of sp³-hybridized carbons (Fsp3) is 0.826. The molecule has 2 fully saturated rings. The smallest absolute Gasteiger partial charge is 0.462 e. The van der Waals surface area contributed by atoms with E-state index in [1.54, 1.807) is 0 Å². The van der Waals surface area contributed by atoms with Gasteiger partial charge in [0.25, 0.3) is 0 Å². The minimum atomic E-state index is -4.43. The van der Waals surface area contributed by atoms with Gasteiger partial charge in [-0.25, -0.2) is 14.3 Å². The Kier molecular flexibility index (Phi) is 28.8. The van der Waals surface area contributed by atoms with Crippen molar-refractivity contribution in [2.75, 3.05) is 47.5 Å². The summed E-state index contributed by atoms with van der Waals surface area (Å²) < 4.78 is 34.4. The number of ether oxygens (including phenoxy) is 2. The summed E-state index contributed by atoms with van der Waals surface area (Å²) in [7, 11) is 1.38. The van der Waals surface area contributed by atoms with E-state index in [4.69, 9.17) is 28.3 Å². The Balaban J connectivity index is 1.73. The van der Waals surface area contributed by atoms with Gasteiger partial charge in [0, 0.05) is 31.1 Å². The second-order valence-electron chi connectivity index (χ2n) is 17.5. The molecular formula is C46H83NO11P+. The van der Waals surface area contributed by atoms with Crippen LogP contribution >= 0.6 is 7.82 Å². The summed E-state index contributed by atoms with van der Waals surface area (Å²) in [5.41, 5.74) is 0. The summed E-state index contributed by atoms with van der Waals surface area (Å²) in [5.74, 6) is -0.482. The lowest BCUT2D eigenvalue weighted by molar-refractivity contribution is -0.870. The van der Waals surface area contributed by atoms with Crippen molar-refractivity contribution in [1.82, 2.24) is 0 Å². The van der Waals surface area contributed by atoms with E-state index in [1.807, 2.05) is 33.3 Å². The maximum absolute atomic E-state index is 12.8. The van der Waals surface area contributed by atoms with Gasteiger partial charge in [0.05, 0.1) is 40.0 Å². The number of likely N-dealkylation sites (N-methyl/N-ethyl adjacent to an activating group) is 1. The zero-order valence-electron chi connectivity index (χ0n) is 37.5. The minimum Gasteiger partial charge on any atom is -0.462 e. The second kappa shape index (κ2) is 31.9. The second-order valence-corrected chi connectivity index (χ2v) is 19.0. The van der Waals surface area contributed by atoms with Gasteiger partial charge in [-0.1, -0.05) is 121 Å². The van der Waals surface area contributed by atoms with E-state index in [0.29, 0.717) is 30.3 Å². The molecule has 342 valence electrons. The Morgan fingerprint density at radius 2 is 1.34 bits per heavy atom. The van der Waals surface area contributed by atoms with Gasteiger partial charge in [-0.3, -0.25) is 18.6 Å². The van der Waals surface area contributed by atoms with Crippen LogP contribution in [0.2, 0.25) is 0 Å². The van der Waals surface area contributed by atoms with Crippen LogP contribution in [0.4, 0.5) is 0 Å². The SMILES string of the molecule is CCCCCCCC/C=C\CCCCCCCC(=O)OCC(COP(=O)(O)OCC[N+](C)(C)C)OC(=O)CCC/C=C\CC1C2CC(OO2)C1/C=C/C(O)CCCCC. The molecule has 2 rings (SSSR count). The molecule has 12 nitrogen and oxygen atoms in total. The van der Waals surface area contributed by atoms with Gasteiger partial charge in [0.15, 0.2) is 6.10 Å². The minimum absolute atomic E-state index is 0.00256. The molecular weight excluding hydrogens is 773 g/mol. The van der Waals surface area contributed by atoms with Crippen LogP contribution in [0.3, 0.4) is 0 Å². The van der Waals surface area contributed by atoms with Crippen LogP contribution in [0.25, 0.3) is 0 Å². The number of nitrogens with zero attached hydrogens (tertiary/aromatic N) is 1. The lowest BCUT2D eigenvalue weighted by atomic mass is 9.89. The van der Waals surface area contributed by atoms with Gasteiger partial charge in [-0.2, -0.15) is 0 Å². The van der Waals surface area contributed by atoms with Crippen molar-refractivity contribution in [3.63, 3.8) is 0 Å². The van der Waals surface area contributed by atoms with Crippen LogP contribution < -0.4 is 0 Å². The van der Waals surface area contributed by atoms with Gasteiger partial charge in [-0.05, 0) is 57.8 Å². The standard InChI is InChI=1S/C46H82NO11P/c1-6-8-10-11-12-13-14-15-16-17-18-19-20-21-26-30-45(49)53-37-40(38-55-59(51,52)54-35-34-47(3,4)5)56-46(50)31-27-23-22-25-29-41-42(44-36-43(41)57-58-44)33-32-39(48)28-24-9-7-2/h15-16,22,25,32-33,39-44,48H,6-14,17-21,23-24,26-31,34-38H2,1-5H3/p+1/b16-15-,25-22-,33-32+. The molecule has 0 spiro atoms. The molecule has 2 N–H and O–H groups in total. The van der Waals surface area contributed by atoms with E-state index >= 15 is 0 Å². The normalized spacial score (nSPS) is 21.5. The Morgan fingerprint density at radius 1 is 0.746 bits per heavy atom. The zero-order chi connectivity index (χ0) is 43.2. The summed E-state index contributed by atoms with van der Waals surface area (Å²) in [5, 5.41) is 10.4. The fourth-order valence-electron chi connectivity index (χ4n) is 7.31. The van der Waals surface area contributed by atoms with Crippen molar-refractivity contribution in [1.29, 1.82) is 0 Å². The van der Waals surface area contributed by atoms with Gasteiger partial charge in [-0.15, -0.1) is 0 Å². The summed E-state index contributed by atoms with van der Waals surface area (Å²) in [6, 6.07) is 0.